The Kier molecular flexibility index (Phi) is 3.89. The molecule has 1 nitrogen and oxygen atoms in total. The lowest BCUT2D eigenvalue weighted by Crippen LogP contribution is -2.09. The van der Waals surface area contributed by atoms with Gasteiger partial charge in [0, 0.05) is 12.7 Å². The van der Waals surface area contributed by atoms with E-state index < -0.39 is 0 Å². The van der Waals surface area contributed by atoms with Gasteiger partial charge in [0.1, 0.15) is 0 Å². The van der Waals surface area contributed by atoms with Gasteiger partial charge in [-0.15, -0.1) is 12.4 Å². The third-order valence-electron chi connectivity index (χ3n) is 1.08. The van der Waals surface area contributed by atoms with E-state index in [9.17, 15) is 0 Å². The Morgan fingerprint density at radius 2 is 2.22 bits per heavy atom. The maximum Gasteiger partial charge on any atom is 0.0403 e. The van der Waals surface area contributed by atoms with E-state index in [0.29, 0.717) is 0 Å². The third kappa shape index (κ3) is 2.38. The predicted octanol–water partition coefficient (Wildman–Crippen LogP) is 1.94. The van der Waals surface area contributed by atoms with E-state index in [1.54, 1.807) is 6.20 Å². The molecule has 0 aliphatic carbocycles. The molecule has 0 spiro atoms. The molecule has 0 radical (unpaired) electrons. The van der Waals surface area contributed by atoms with Crippen molar-refractivity contribution < 1.29 is 0 Å². The first-order chi connectivity index (χ1) is 3.93. The summed E-state index contributed by atoms with van der Waals surface area (Å²) in [7, 11) is 0. The highest BCUT2D eigenvalue weighted by Crippen LogP contribution is 1.96. The van der Waals surface area contributed by atoms with Crippen LogP contribution in [0.1, 0.15) is 0 Å². The molecule has 1 rings (SSSR count). The van der Waals surface area contributed by atoms with Crippen molar-refractivity contribution in [3.63, 3.8) is 0 Å². The van der Waals surface area contributed by atoms with Crippen LogP contribution in [-0.4, -0.2) is 11.4 Å². The van der Waals surface area contributed by atoms with Gasteiger partial charge in [0.2, 0.25) is 0 Å². The van der Waals surface area contributed by atoms with Gasteiger partial charge >= 0.3 is 0 Å². The molecule has 1 aliphatic rings. The minimum absolute atomic E-state index is 0. The molecule has 0 fully saturated rings. The molecule has 0 N–H and O–H groups in total. The van der Waals surface area contributed by atoms with Crippen LogP contribution in [0.5, 0.6) is 0 Å². The van der Waals surface area contributed by atoms with Gasteiger partial charge in [-0.1, -0.05) is 18.7 Å². The Morgan fingerprint density at radius 1 is 1.44 bits per heavy atom. The van der Waals surface area contributed by atoms with Crippen LogP contribution in [0, 0.1) is 0 Å². The van der Waals surface area contributed by atoms with Crippen LogP contribution in [0.25, 0.3) is 0 Å². The normalized spacial score (nSPS) is 14.9. The van der Waals surface area contributed by atoms with E-state index in [2.05, 4.69) is 12.7 Å². The van der Waals surface area contributed by atoms with Crippen LogP contribution in [0.15, 0.2) is 37.2 Å². The molecule has 0 saturated heterocycles. The van der Waals surface area contributed by atoms with Crippen molar-refractivity contribution in [2.75, 3.05) is 6.54 Å². The summed E-state index contributed by atoms with van der Waals surface area (Å²) in [6.45, 7) is 4.58. The van der Waals surface area contributed by atoms with Gasteiger partial charge in [-0.25, -0.2) is 0 Å². The lowest BCUT2D eigenvalue weighted by molar-refractivity contribution is 0.562. The molecule has 50 valence electrons. The summed E-state index contributed by atoms with van der Waals surface area (Å²) in [5.41, 5.74) is 0. The molecule has 0 unspecified atom stereocenters. The molecular formula is C7H10ClN. The van der Waals surface area contributed by atoms with Gasteiger partial charge < -0.3 is 4.90 Å². The van der Waals surface area contributed by atoms with E-state index >= 15 is 0 Å². The average molecular weight is 144 g/mol. The molecule has 1 aliphatic heterocycles. The highest BCUT2D eigenvalue weighted by molar-refractivity contribution is 5.85. The Balaban J connectivity index is 0.000000640. The topological polar surface area (TPSA) is 3.24 Å². The molecule has 0 aromatic carbocycles. The zero-order valence-corrected chi connectivity index (χ0v) is 5.97. The van der Waals surface area contributed by atoms with Crippen LogP contribution in [0.2, 0.25) is 0 Å². The fourth-order valence-corrected chi connectivity index (χ4v) is 0.618. The van der Waals surface area contributed by atoms with E-state index in [-0.39, 0.29) is 12.4 Å². The second kappa shape index (κ2) is 4.21. The van der Waals surface area contributed by atoms with Crippen molar-refractivity contribution in [1.82, 2.24) is 4.90 Å². The Morgan fingerprint density at radius 3 is 2.56 bits per heavy atom. The molecular weight excluding hydrogens is 134 g/mol. The minimum atomic E-state index is 0. The second-order valence-corrected chi connectivity index (χ2v) is 1.65. The van der Waals surface area contributed by atoms with Crippen LogP contribution in [0.4, 0.5) is 0 Å². The van der Waals surface area contributed by atoms with Gasteiger partial charge in [0.15, 0.2) is 0 Å². The van der Waals surface area contributed by atoms with E-state index in [0.717, 1.165) is 6.54 Å². The van der Waals surface area contributed by atoms with Crippen molar-refractivity contribution in [1.29, 1.82) is 0 Å². The Labute approximate surface area is 61.8 Å². The van der Waals surface area contributed by atoms with Crippen molar-refractivity contribution in [2.45, 2.75) is 0 Å². The van der Waals surface area contributed by atoms with Crippen molar-refractivity contribution in [2.24, 2.45) is 0 Å². The van der Waals surface area contributed by atoms with Crippen molar-refractivity contribution in [3.05, 3.63) is 37.2 Å². The molecule has 9 heavy (non-hydrogen) atoms. The first kappa shape index (κ1) is 8.31. The average Bonchev–Trinajstić information content (AvgIpc) is 1.90. The van der Waals surface area contributed by atoms with Crippen LogP contribution < -0.4 is 0 Å². The maximum atomic E-state index is 3.63. The minimum Gasteiger partial charge on any atom is -0.351 e. The fourth-order valence-electron chi connectivity index (χ4n) is 0.618. The largest absolute Gasteiger partial charge is 0.351 e. The van der Waals surface area contributed by atoms with Gasteiger partial charge in [-0.05, 0) is 12.3 Å². The molecule has 0 aromatic rings. The maximum absolute atomic E-state index is 3.63. The fraction of sp³-hybridized carbons (Fsp3) is 0.143. The number of allylic oxidation sites excluding steroid dienone is 2. The monoisotopic (exact) mass is 143 g/mol. The van der Waals surface area contributed by atoms with Crippen LogP contribution >= 0.6 is 12.4 Å². The quantitative estimate of drug-likeness (QED) is 0.542. The molecule has 2 heteroatoms. The first-order valence-corrected chi connectivity index (χ1v) is 2.65. The summed E-state index contributed by atoms with van der Waals surface area (Å²) in [6.07, 6.45) is 9.90. The van der Waals surface area contributed by atoms with E-state index in [1.165, 1.54) is 0 Å². The molecule has 0 bridgehead atoms. The number of hydrogen-bond acceptors (Lipinski definition) is 1. The van der Waals surface area contributed by atoms with Crippen LogP contribution in [0.3, 0.4) is 0 Å². The summed E-state index contributed by atoms with van der Waals surface area (Å²) in [5, 5.41) is 0. The third-order valence-corrected chi connectivity index (χ3v) is 1.08. The number of halogens is 1. The van der Waals surface area contributed by atoms with Crippen LogP contribution in [-0.2, 0) is 0 Å². The zero-order chi connectivity index (χ0) is 5.82. The predicted molar refractivity (Wildman–Crippen MR) is 42.4 cm³/mol. The van der Waals surface area contributed by atoms with Gasteiger partial charge in [-0.3, -0.25) is 0 Å². The second-order valence-electron chi connectivity index (χ2n) is 1.65. The van der Waals surface area contributed by atoms with Crippen molar-refractivity contribution >= 4 is 12.4 Å². The molecule has 0 amide bonds. The lowest BCUT2D eigenvalue weighted by Gasteiger charge is -2.13. The lowest BCUT2D eigenvalue weighted by atomic mass is 10.4. The smallest absolute Gasteiger partial charge is 0.0403 e. The molecule has 0 aromatic heterocycles. The van der Waals surface area contributed by atoms with E-state index in [4.69, 9.17) is 0 Å². The summed E-state index contributed by atoms with van der Waals surface area (Å²) in [6, 6.07) is 0. The summed E-state index contributed by atoms with van der Waals surface area (Å²) < 4.78 is 0. The number of rotatable bonds is 1. The first-order valence-electron chi connectivity index (χ1n) is 2.65. The van der Waals surface area contributed by atoms with Gasteiger partial charge in [0.05, 0.1) is 0 Å². The Bertz CT molecular complexity index is 138. The van der Waals surface area contributed by atoms with E-state index in [1.807, 2.05) is 23.3 Å². The number of hydrogen-bond donors (Lipinski definition) is 0. The zero-order valence-electron chi connectivity index (χ0n) is 5.16. The van der Waals surface area contributed by atoms with Crippen molar-refractivity contribution in [3.8, 4) is 0 Å². The summed E-state index contributed by atoms with van der Waals surface area (Å²) in [5.74, 6) is 0. The summed E-state index contributed by atoms with van der Waals surface area (Å²) >= 11 is 0. The van der Waals surface area contributed by atoms with Gasteiger partial charge in [-0.2, -0.15) is 0 Å². The molecule has 1 heterocycles. The SMILES string of the molecule is C=CN1C=CC=CC1.Cl. The summed E-state index contributed by atoms with van der Waals surface area (Å²) in [4.78, 5) is 2.01. The molecule has 0 atom stereocenters. The molecule has 0 saturated carbocycles. The number of nitrogens with zero attached hydrogens (tertiary/aromatic N) is 1. The Hall–Kier alpha value is -0.690. The van der Waals surface area contributed by atoms with Gasteiger partial charge in [0.25, 0.3) is 0 Å². The standard InChI is InChI=1S/C7H9N.ClH/c1-2-8-6-4-3-5-7-8;/h2-6H,1,7H2;1H. The highest BCUT2D eigenvalue weighted by Gasteiger charge is 1.89. The highest BCUT2D eigenvalue weighted by atomic mass is 35.5.